The minimum absolute atomic E-state index is 0.0718. The molecule has 0 fully saturated rings. The van der Waals surface area contributed by atoms with E-state index in [2.05, 4.69) is 22.2 Å². The van der Waals surface area contributed by atoms with Crippen molar-refractivity contribution in [1.29, 1.82) is 0 Å². The van der Waals surface area contributed by atoms with Gasteiger partial charge >= 0.3 is 0 Å². The van der Waals surface area contributed by atoms with Crippen LogP contribution in [0.1, 0.15) is 11.1 Å². The Morgan fingerprint density at radius 3 is 2.79 bits per heavy atom. The zero-order valence-electron chi connectivity index (χ0n) is 10.4. The van der Waals surface area contributed by atoms with Crippen LogP contribution in [0.2, 0.25) is 0 Å². The van der Waals surface area contributed by atoms with Gasteiger partial charge < -0.3 is 10.7 Å². The van der Waals surface area contributed by atoms with E-state index < -0.39 is 0 Å². The van der Waals surface area contributed by atoms with Crippen molar-refractivity contribution < 1.29 is 4.79 Å². The van der Waals surface area contributed by atoms with Gasteiger partial charge in [0.05, 0.1) is 6.42 Å². The summed E-state index contributed by atoms with van der Waals surface area (Å²) < 4.78 is 0. The zero-order chi connectivity index (χ0) is 13.1. The molecular formula is C15H15N3O. The number of amides is 1. The topological polar surface area (TPSA) is 53.2 Å². The van der Waals surface area contributed by atoms with E-state index in [-0.39, 0.29) is 5.91 Å². The molecule has 2 aromatic rings. The van der Waals surface area contributed by atoms with E-state index in [1.54, 1.807) is 0 Å². The molecule has 0 saturated heterocycles. The lowest BCUT2D eigenvalue weighted by atomic mass is 10.1. The molecule has 3 N–H and O–H groups in total. The number of para-hydroxylation sites is 1. The van der Waals surface area contributed by atoms with Crippen molar-refractivity contribution in [3.8, 4) is 0 Å². The van der Waals surface area contributed by atoms with E-state index in [1.807, 2.05) is 42.5 Å². The SMILES string of the molecule is O=C1Cc2cc(CNNc3ccccc3)ccc2N1. The van der Waals surface area contributed by atoms with E-state index in [4.69, 9.17) is 0 Å². The second-order valence-electron chi connectivity index (χ2n) is 4.56. The molecule has 1 heterocycles. The lowest BCUT2D eigenvalue weighted by Gasteiger charge is -2.09. The van der Waals surface area contributed by atoms with E-state index >= 15 is 0 Å². The highest BCUT2D eigenvalue weighted by Gasteiger charge is 2.17. The van der Waals surface area contributed by atoms with Crippen LogP contribution >= 0.6 is 0 Å². The fourth-order valence-electron chi connectivity index (χ4n) is 2.16. The fraction of sp³-hybridized carbons (Fsp3) is 0.133. The molecule has 0 aliphatic carbocycles. The maximum absolute atomic E-state index is 11.3. The van der Waals surface area contributed by atoms with Crippen molar-refractivity contribution in [2.45, 2.75) is 13.0 Å². The van der Waals surface area contributed by atoms with Crippen molar-refractivity contribution in [2.75, 3.05) is 10.7 Å². The van der Waals surface area contributed by atoms with Crippen LogP contribution in [0.4, 0.5) is 11.4 Å². The molecule has 0 saturated carbocycles. The van der Waals surface area contributed by atoms with Gasteiger partial charge in [0.25, 0.3) is 0 Å². The zero-order valence-corrected chi connectivity index (χ0v) is 10.4. The van der Waals surface area contributed by atoms with Gasteiger partial charge in [0.1, 0.15) is 0 Å². The molecule has 0 unspecified atom stereocenters. The Labute approximate surface area is 111 Å². The van der Waals surface area contributed by atoms with Crippen LogP contribution in [-0.2, 0) is 17.8 Å². The molecule has 0 radical (unpaired) electrons. The third-order valence-corrected chi connectivity index (χ3v) is 3.09. The Morgan fingerprint density at radius 2 is 1.95 bits per heavy atom. The first-order valence-electron chi connectivity index (χ1n) is 6.27. The van der Waals surface area contributed by atoms with Crippen molar-refractivity contribution in [2.24, 2.45) is 0 Å². The minimum atomic E-state index is 0.0718. The molecule has 0 atom stereocenters. The average molecular weight is 253 g/mol. The van der Waals surface area contributed by atoms with E-state index in [9.17, 15) is 4.79 Å². The molecule has 1 aliphatic rings. The third-order valence-electron chi connectivity index (χ3n) is 3.09. The molecule has 3 rings (SSSR count). The van der Waals surface area contributed by atoms with Gasteiger partial charge in [-0.2, -0.15) is 0 Å². The van der Waals surface area contributed by atoms with Crippen LogP contribution in [0.5, 0.6) is 0 Å². The summed E-state index contributed by atoms with van der Waals surface area (Å²) in [5.41, 5.74) is 10.5. The predicted octanol–water partition coefficient (Wildman–Crippen LogP) is 2.30. The molecule has 4 nitrogen and oxygen atoms in total. The standard InChI is InChI=1S/C15H15N3O/c19-15-9-12-8-11(6-7-14(12)17-15)10-16-18-13-4-2-1-3-5-13/h1-8,16,18H,9-10H2,(H,17,19). The number of fused-ring (bicyclic) bond motifs is 1. The fourth-order valence-corrected chi connectivity index (χ4v) is 2.16. The Balaban J connectivity index is 1.59. The van der Waals surface area contributed by atoms with Crippen LogP contribution in [0, 0.1) is 0 Å². The van der Waals surface area contributed by atoms with Gasteiger partial charge in [0.2, 0.25) is 5.91 Å². The van der Waals surface area contributed by atoms with Crippen molar-refractivity contribution in [3.05, 3.63) is 59.7 Å². The number of anilines is 2. The number of benzene rings is 2. The van der Waals surface area contributed by atoms with Gasteiger partial charge in [-0.25, -0.2) is 5.43 Å². The third kappa shape index (κ3) is 2.74. The highest BCUT2D eigenvalue weighted by atomic mass is 16.1. The molecule has 1 amide bonds. The van der Waals surface area contributed by atoms with Gasteiger partial charge in [0.15, 0.2) is 0 Å². The summed E-state index contributed by atoms with van der Waals surface area (Å²) in [4.78, 5) is 11.3. The monoisotopic (exact) mass is 253 g/mol. The maximum Gasteiger partial charge on any atom is 0.228 e. The summed E-state index contributed by atoms with van der Waals surface area (Å²) in [5, 5.41) is 2.83. The number of carbonyl (C=O) groups excluding carboxylic acids is 1. The summed E-state index contributed by atoms with van der Waals surface area (Å²) in [7, 11) is 0. The smallest absolute Gasteiger partial charge is 0.228 e. The molecule has 0 spiro atoms. The number of hydrazine groups is 1. The van der Waals surface area contributed by atoms with Gasteiger partial charge in [-0.1, -0.05) is 30.3 Å². The number of rotatable bonds is 4. The lowest BCUT2D eigenvalue weighted by Crippen LogP contribution is -2.20. The number of hydrogen-bond donors (Lipinski definition) is 3. The minimum Gasteiger partial charge on any atom is -0.326 e. The molecule has 1 aliphatic heterocycles. The van der Waals surface area contributed by atoms with E-state index in [0.717, 1.165) is 22.5 Å². The first-order chi connectivity index (χ1) is 9.31. The lowest BCUT2D eigenvalue weighted by molar-refractivity contribution is -0.115. The average Bonchev–Trinajstić information content (AvgIpc) is 2.79. The summed E-state index contributed by atoms with van der Waals surface area (Å²) in [6.07, 6.45) is 0.481. The number of nitrogens with one attached hydrogen (secondary N) is 3. The van der Waals surface area contributed by atoms with Gasteiger partial charge in [-0.3, -0.25) is 4.79 Å². The molecule has 0 aromatic heterocycles. The summed E-state index contributed by atoms with van der Waals surface area (Å²) in [6.45, 7) is 0.705. The van der Waals surface area contributed by atoms with Crippen LogP contribution < -0.4 is 16.2 Å². The first-order valence-corrected chi connectivity index (χ1v) is 6.27. The van der Waals surface area contributed by atoms with Crippen LogP contribution in [0.3, 0.4) is 0 Å². The summed E-state index contributed by atoms with van der Waals surface area (Å²) in [5.74, 6) is 0.0718. The Hall–Kier alpha value is -2.33. The Kier molecular flexibility index (Phi) is 3.16. The van der Waals surface area contributed by atoms with Gasteiger partial charge in [-0.15, -0.1) is 0 Å². The van der Waals surface area contributed by atoms with Crippen LogP contribution in [0.25, 0.3) is 0 Å². The number of hydrogen-bond acceptors (Lipinski definition) is 3. The Bertz CT molecular complexity index is 596. The van der Waals surface area contributed by atoms with Crippen molar-refractivity contribution in [1.82, 2.24) is 5.43 Å². The second kappa shape index (κ2) is 5.12. The van der Waals surface area contributed by atoms with Gasteiger partial charge in [-0.05, 0) is 29.3 Å². The Morgan fingerprint density at radius 1 is 1.11 bits per heavy atom. The molecule has 2 aromatic carbocycles. The quantitative estimate of drug-likeness (QED) is 0.733. The molecule has 0 bridgehead atoms. The molecular weight excluding hydrogens is 238 g/mol. The maximum atomic E-state index is 11.3. The van der Waals surface area contributed by atoms with Gasteiger partial charge in [0, 0.05) is 17.9 Å². The second-order valence-corrected chi connectivity index (χ2v) is 4.56. The van der Waals surface area contributed by atoms with Crippen molar-refractivity contribution >= 4 is 17.3 Å². The van der Waals surface area contributed by atoms with Crippen LogP contribution in [0.15, 0.2) is 48.5 Å². The summed E-state index contributed by atoms with van der Waals surface area (Å²) in [6, 6.07) is 16.0. The highest BCUT2D eigenvalue weighted by Crippen LogP contribution is 2.23. The molecule has 96 valence electrons. The van der Waals surface area contributed by atoms with Crippen molar-refractivity contribution in [3.63, 3.8) is 0 Å². The highest BCUT2D eigenvalue weighted by molar-refractivity contribution is 5.99. The first kappa shape index (κ1) is 11.7. The molecule has 19 heavy (non-hydrogen) atoms. The van der Waals surface area contributed by atoms with E-state index in [1.165, 1.54) is 0 Å². The normalized spacial score (nSPS) is 12.9. The van der Waals surface area contributed by atoms with E-state index in [0.29, 0.717) is 13.0 Å². The molecule has 4 heteroatoms. The number of carbonyl (C=O) groups is 1. The summed E-state index contributed by atoms with van der Waals surface area (Å²) >= 11 is 0. The van der Waals surface area contributed by atoms with Crippen LogP contribution in [-0.4, -0.2) is 5.91 Å². The predicted molar refractivity (Wildman–Crippen MR) is 75.7 cm³/mol. The largest absolute Gasteiger partial charge is 0.326 e.